The van der Waals surface area contributed by atoms with Crippen LogP contribution in [-0.2, 0) is 0 Å². The second-order valence-corrected chi connectivity index (χ2v) is 20.2. The van der Waals surface area contributed by atoms with E-state index in [0.29, 0.717) is 0 Å². The molecule has 0 unspecified atom stereocenters. The number of para-hydroxylation sites is 2. The van der Waals surface area contributed by atoms with Gasteiger partial charge in [0.05, 0.1) is 33.4 Å². The molecule has 0 N–H and O–H groups in total. The number of nitrogens with zero attached hydrogens (tertiary/aromatic N) is 2. The third-order valence-electron chi connectivity index (χ3n) is 13.1. The van der Waals surface area contributed by atoms with Gasteiger partial charge in [0, 0.05) is 27.1 Å². The Bertz CT molecular complexity index is 3500. The van der Waals surface area contributed by atoms with E-state index in [2.05, 4.69) is 264 Å². The molecular weight excluding hydrogens is 777 g/mol. The van der Waals surface area contributed by atoms with Gasteiger partial charge in [-0.05, 0) is 73.8 Å². The molecule has 0 spiro atoms. The van der Waals surface area contributed by atoms with Crippen LogP contribution in [0.25, 0.3) is 77.2 Å². The molecule has 0 fully saturated rings. The van der Waals surface area contributed by atoms with Crippen LogP contribution in [0.3, 0.4) is 0 Å². The largest absolute Gasteiger partial charge is 0.309 e. The van der Waals surface area contributed by atoms with Gasteiger partial charge in [-0.2, -0.15) is 0 Å². The summed E-state index contributed by atoms with van der Waals surface area (Å²) in [4.78, 5) is 0. The van der Waals surface area contributed by atoms with Crippen molar-refractivity contribution in [3.63, 3.8) is 0 Å². The summed E-state index contributed by atoms with van der Waals surface area (Å²) in [5.74, 6) is 0. The monoisotopic (exact) mass is 818 g/mol. The molecule has 3 heteroatoms. The molecule has 0 saturated heterocycles. The van der Waals surface area contributed by atoms with E-state index in [4.69, 9.17) is 0 Å². The molecule has 10 aromatic carbocycles. The van der Waals surface area contributed by atoms with Crippen LogP contribution in [0.15, 0.2) is 255 Å². The van der Waals surface area contributed by atoms with E-state index < -0.39 is 8.07 Å². The third-order valence-corrected chi connectivity index (χ3v) is 17.8. The fourth-order valence-electron chi connectivity index (χ4n) is 10.5. The summed E-state index contributed by atoms with van der Waals surface area (Å²) < 4.78 is 5.05. The zero-order chi connectivity index (χ0) is 41.7. The molecule has 0 aliphatic rings. The highest BCUT2D eigenvalue weighted by Gasteiger charge is 2.41. The summed E-state index contributed by atoms with van der Waals surface area (Å²) >= 11 is 0. The quantitative estimate of drug-likeness (QED) is 0.107. The highest BCUT2D eigenvalue weighted by atomic mass is 28.3. The van der Waals surface area contributed by atoms with Crippen molar-refractivity contribution < 1.29 is 0 Å². The second-order valence-electron chi connectivity index (χ2n) is 16.4. The second kappa shape index (κ2) is 15.2. The highest BCUT2D eigenvalue weighted by Crippen LogP contribution is 2.43. The van der Waals surface area contributed by atoms with Crippen LogP contribution in [0.4, 0.5) is 0 Å². The van der Waals surface area contributed by atoms with E-state index in [0.717, 1.165) is 11.4 Å². The maximum atomic E-state index is 2.55. The number of aromatic nitrogens is 2. The molecule has 0 bridgehead atoms. The van der Waals surface area contributed by atoms with Crippen molar-refractivity contribution in [3.8, 4) is 33.6 Å². The van der Waals surface area contributed by atoms with Crippen molar-refractivity contribution in [2.24, 2.45) is 0 Å². The lowest BCUT2D eigenvalue weighted by atomic mass is 9.93. The standard InChI is InChI=1S/C60H42N2Si/c1-6-22-43(23-7-1)49-34-20-37-55(59(49)44-24-8-2-9-25-44)61-54-36-19-17-33-52(54)60-56(61)38-21-39-57(60)62-53-35-18-16-32-50(53)51-41-40-48(42-58(51)62)63(45-26-10-3-11-27-45,46-28-12-4-13-29-46)47-30-14-5-15-31-47/h1-42H. The number of rotatable bonds is 8. The lowest BCUT2D eigenvalue weighted by Gasteiger charge is -2.34. The zero-order valence-electron chi connectivity index (χ0n) is 34.6. The number of hydrogen-bond donors (Lipinski definition) is 0. The lowest BCUT2D eigenvalue weighted by Crippen LogP contribution is -2.74. The summed E-state index contributed by atoms with van der Waals surface area (Å²) in [7, 11) is -2.82. The Morgan fingerprint density at radius 1 is 0.270 bits per heavy atom. The minimum atomic E-state index is -2.82. The predicted molar refractivity (Wildman–Crippen MR) is 270 cm³/mol. The van der Waals surface area contributed by atoms with E-state index in [1.54, 1.807) is 0 Å². The van der Waals surface area contributed by atoms with Gasteiger partial charge in [-0.25, -0.2) is 0 Å². The Labute approximate surface area is 368 Å². The van der Waals surface area contributed by atoms with Gasteiger partial charge in [-0.1, -0.05) is 218 Å². The van der Waals surface area contributed by atoms with E-state index in [1.807, 2.05) is 0 Å². The third kappa shape index (κ3) is 5.78. The molecule has 2 heterocycles. The number of benzene rings is 10. The molecule has 0 radical (unpaired) electrons. The molecule has 12 aromatic rings. The highest BCUT2D eigenvalue weighted by molar-refractivity contribution is 7.20. The van der Waals surface area contributed by atoms with E-state index in [1.165, 1.54) is 86.6 Å². The van der Waals surface area contributed by atoms with Crippen LogP contribution in [0.2, 0.25) is 0 Å². The van der Waals surface area contributed by atoms with Crippen LogP contribution in [-0.4, -0.2) is 17.2 Å². The van der Waals surface area contributed by atoms with Gasteiger partial charge in [0.25, 0.3) is 0 Å². The maximum absolute atomic E-state index is 2.82. The van der Waals surface area contributed by atoms with Crippen LogP contribution < -0.4 is 20.7 Å². The van der Waals surface area contributed by atoms with Crippen molar-refractivity contribution in [2.75, 3.05) is 0 Å². The summed E-state index contributed by atoms with van der Waals surface area (Å²) in [6.07, 6.45) is 0. The minimum Gasteiger partial charge on any atom is -0.309 e. The van der Waals surface area contributed by atoms with Crippen molar-refractivity contribution in [2.45, 2.75) is 0 Å². The van der Waals surface area contributed by atoms with E-state index >= 15 is 0 Å². The molecule has 12 rings (SSSR count). The first-order chi connectivity index (χ1) is 31.3. The molecule has 0 aliphatic heterocycles. The fraction of sp³-hybridized carbons (Fsp3) is 0. The first-order valence-corrected chi connectivity index (χ1v) is 23.8. The van der Waals surface area contributed by atoms with Gasteiger partial charge in [0.1, 0.15) is 0 Å². The SMILES string of the molecule is c1ccc(-c2cccc(-n3c4ccccc4c4c(-n5c6ccccc6c6ccc([Si](c7ccccc7)(c7ccccc7)c7ccccc7)cc65)cccc43)c2-c2ccccc2)cc1. The van der Waals surface area contributed by atoms with Gasteiger partial charge >= 0.3 is 0 Å². The minimum absolute atomic E-state index is 1.15. The summed E-state index contributed by atoms with van der Waals surface area (Å²) in [5, 5.41) is 10.4. The van der Waals surface area contributed by atoms with Crippen LogP contribution in [0, 0.1) is 0 Å². The molecule has 0 aliphatic carbocycles. The fourth-order valence-corrected chi connectivity index (χ4v) is 15.2. The maximum Gasteiger partial charge on any atom is 0.179 e. The Balaban J connectivity index is 1.18. The molecule has 0 atom stereocenters. The summed E-state index contributed by atoms with van der Waals surface area (Å²) in [5.41, 5.74) is 11.9. The van der Waals surface area contributed by atoms with Crippen molar-refractivity contribution in [1.82, 2.24) is 9.13 Å². The van der Waals surface area contributed by atoms with Gasteiger partial charge in [-0.15, -0.1) is 0 Å². The predicted octanol–water partition coefficient (Wildman–Crippen LogP) is 12.6. The first kappa shape index (κ1) is 36.8. The normalized spacial score (nSPS) is 11.8. The lowest BCUT2D eigenvalue weighted by molar-refractivity contribution is 1.17. The number of hydrogen-bond acceptors (Lipinski definition) is 0. The van der Waals surface area contributed by atoms with Gasteiger partial charge in [0.15, 0.2) is 8.07 Å². The first-order valence-electron chi connectivity index (χ1n) is 21.8. The van der Waals surface area contributed by atoms with Crippen molar-refractivity contribution in [1.29, 1.82) is 0 Å². The molecule has 296 valence electrons. The topological polar surface area (TPSA) is 9.86 Å². The summed E-state index contributed by atoms with van der Waals surface area (Å²) in [6, 6.07) is 94.2. The van der Waals surface area contributed by atoms with Crippen LogP contribution in [0.5, 0.6) is 0 Å². The average molecular weight is 819 g/mol. The average Bonchev–Trinajstić information content (AvgIpc) is 3.88. The Morgan fingerprint density at radius 2 is 0.714 bits per heavy atom. The van der Waals surface area contributed by atoms with E-state index in [-0.39, 0.29) is 0 Å². The van der Waals surface area contributed by atoms with Crippen LogP contribution >= 0.6 is 0 Å². The van der Waals surface area contributed by atoms with Gasteiger partial charge in [-0.3, -0.25) is 0 Å². The molecule has 63 heavy (non-hydrogen) atoms. The molecule has 2 nitrogen and oxygen atoms in total. The van der Waals surface area contributed by atoms with E-state index in [9.17, 15) is 0 Å². The Hall–Kier alpha value is -7.98. The Kier molecular flexibility index (Phi) is 8.87. The zero-order valence-corrected chi connectivity index (χ0v) is 35.6. The molecule has 2 aromatic heterocycles. The smallest absolute Gasteiger partial charge is 0.179 e. The Morgan fingerprint density at radius 3 is 1.33 bits per heavy atom. The van der Waals surface area contributed by atoms with Gasteiger partial charge in [0.2, 0.25) is 0 Å². The molecule has 0 amide bonds. The van der Waals surface area contributed by atoms with Crippen LogP contribution in [0.1, 0.15) is 0 Å². The van der Waals surface area contributed by atoms with Crippen molar-refractivity contribution >= 4 is 72.4 Å². The summed E-state index contributed by atoms with van der Waals surface area (Å²) in [6.45, 7) is 0. The number of fused-ring (bicyclic) bond motifs is 6. The molecular formula is C60H42N2Si. The molecule has 0 saturated carbocycles. The van der Waals surface area contributed by atoms with Crippen molar-refractivity contribution in [3.05, 3.63) is 255 Å². The van der Waals surface area contributed by atoms with Gasteiger partial charge < -0.3 is 9.13 Å².